The van der Waals surface area contributed by atoms with Gasteiger partial charge in [0.05, 0.1) is 16.9 Å². The molecule has 148 valence electrons. The predicted molar refractivity (Wildman–Crippen MR) is 111 cm³/mol. The van der Waals surface area contributed by atoms with E-state index in [0.717, 1.165) is 11.4 Å². The molecule has 0 bridgehead atoms. The van der Waals surface area contributed by atoms with Crippen LogP contribution in [0.25, 0.3) is 11.4 Å². The molecule has 0 radical (unpaired) electrons. The van der Waals surface area contributed by atoms with Crippen LogP contribution in [0, 0.1) is 10.1 Å². The summed E-state index contributed by atoms with van der Waals surface area (Å²) < 4.78 is 1.95. The Hall–Kier alpha value is -3.53. The Balaban J connectivity index is 1.55. The van der Waals surface area contributed by atoms with Crippen molar-refractivity contribution in [1.29, 1.82) is 0 Å². The van der Waals surface area contributed by atoms with Gasteiger partial charge < -0.3 is 4.57 Å². The van der Waals surface area contributed by atoms with E-state index in [0.29, 0.717) is 17.3 Å². The molecule has 0 atom stereocenters. The van der Waals surface area contributed by atoms with E-state index in [4.69, 9.17) is 0 Å². The number of nitro benzene ring substituents is 1. The topological polar surface area (TPSA) is 115 Å². The van der Waals surface area contributed by atoms with Crippen molar-refractivity contribution < 1.29 is 9.72 Å². The Morgan fingerprint density at radius 2 is 1.93 bits per heavy atom. The lowest BCUT2D eigenvalue weighted by Crippen LogP contribution is -2.20. The normalized spacial score (nSPS) is 10.9. The third-order valence-corrected chi connectivity index (χ3v) is 4.87. The lowest BCUT2D eigenvalue weighted by molar-refractivity contribution is -0.384. The molecule has 0 aliphatic carbocycles. The summed E-state index contributed by atoms with van der Waals surface area (Å²) in [6.45, 7) is 2.67. The van der Waals surface area contributed by atoms with Crippen LogP contribution in [0.4, 0.5) is 5.69 Å². The Bertz CT molecular complexity index is 1020. The van der Waals surface area contributed by atoms with Crippen LogP contribution in [0.3, 0.4) is 0 Å². The third-order valence-electron chi connectivity index (χ3n) is 3.90. The first-order chi connectivity index (χ1) is 14.1. The van der Waals surface area contributed by atoms with E-state index < -0.39 is 4.92 Å². The fourth-order valence-corrected chi connectivity index (χ4v) is 3.30. The van der Waals surface area contributed by atoms with E-state index in [1.165, 1.54) is 30.1 Å². The van der Waals surface area contributed by atoms with E-state index >= 15 is 0 Å². The van der Waals surface area contributed by atoms with Crippen molar-refractivity contribution in [2.75, 3.05) is 5.75 Å². The SMILES string of the molecule is CCn1c(SCC(=O)NN=Cc2ccc([N+](=O)[O-])cc2)nnc1-c1ccccc1. The van der Waals surface area contributed by atoms with Gasteiger partial charge in [-0.2, -0.15) is 5.10 Å². The van der Waals surface area contributed by atoms with Gasteiger partial charge in [0.25, 0.3) is 11.6 Å². The van der Waals surface area contributed by atoms with Crippen molar-refractivity contribution in [1.82, 2.24) is 20.2 Å². The number of thioether (sulfide) groups is 1. The first kappa shape index (κ1) is 20.2. The van der Waals surface area contributed by atoms with Gasteiger partial charge in [0.2, 0.25) is 0 Å². The van der Waals surface area contributed by atoms with Crippen molar-refractivity contribution in [3.05, 3.63) is 70.3 Å². The Morgan fingerprint density at radius 1 is 1.21 bits per heavy atom. The highest BCUT2D eigenvalue weighted by atomic mass is 32.2. The molecule has 9 nitrogen and oxygen atoms in total. The molecular formula is C19H18N6O3S. The molecule has 2 aromatic carbocycles. The molecule has 0 fully saturated rings. The van der Waals surface area contributed by atoms with Crippen molar-refractivity contribution in [2.45, 2.75) is 18.6 Å². The maximum absolute atomic E-state index is 12.0. The summed E-state index contributed by atoms with van der Waals surface area (Å²) >= 11 is 1.28. The molecule has 0 saturated carbocycles. The van der Waals surface area contributed by atoms with Gasteiger partial charge >= 0.3 is 0 Å². The second kappa shape index (κ2) is 9.60. The van der Waals surface area contributed by atoms with Gasteiger partial charge in [-0.05, 0) is 24.6 Å². The first-order valence-corrected chi connectivity index (χ1v) is 9.75. The number of non-ortho nitro benzene ring substituents is 1. The smallest absolute Gasteiger partial charge is 0.269 e. The second-order valence-corrected chi connectivity index (χ2v) is 6.79. The van der Waals surface area contributed by atoms with Crippen LogP contribution in [-0.2, 0) is 11.3 Å². The maximum atomic E-state index is 12.0. The van der Waals surface area contributed by atoms with E-state index in [1.54, 1.807) is 12.1 Å². The summed E-state index contributed by atoms with van der Waals surface area (Å²) in [6.07, 6.45) is 1.42. The Morgan fingerprint density at radius 3 is 2.59 bits per heavy atom. The summed E-state index contributed by atoms with van der Waals surface area (Å²) in [4.78, 5) is 22.2. The summed E-state index contributed by atoms with van der Waals surface area (Å²) in [5, 5.41) is 23.6. The number of aromatic nitrogens is 3. The highest BCUT2D eigenvalue weighted by Gasteiger charge is 2.14. The van der Waals surface area contributed by atoms with Crippen molar-refractivity contribution >= 4 is 29.6 Å². The number of hydrazone groups is 1. The van der Waals surface area contributed by atoms with Crippen LogP contribution in [0.5, 0.6) is 0 Å². The Kier molecular flexibility index (Phi) is 6.69. The van der Waals surface area contributed by atoms with Crippen LogP contribution >= 0.6 is 11.8 Å². The summed E-state index contributed by atoms with van der Waals surface area (Å²) in [5.74, 6) is 0.595. The summed E-state index contributed by atoms with van der Waals surface area (Å²) in [5.41, 5.74) is 4.04. The maximum Gasteiger partial charge on any atom is 0.269 e. The molecule has 10 heteroatoms. The minimum absolute atomic E-state index is 0.00232. The average Bonchev–Trinajstić information content (AvgIpc) is 3.16. The number of amides is 1. The molecule has 1 heterocycles. The molecule has 0 unspecified atom stereocenters. The lowest BCUT2D eigenvalue weighted by Gasteiger charge is -2.06. The number of hydrogen-bond donors (Lipinski definition) is 1. The van der Waals surface area contributed by atoms with Gasteiger partial charge in [-0.3, -0.25) is 14.9 Å². The monoisotopic (exact) mass is 410 g/mol. The largest absolute Gasteiger partial charge is 0.302 e. The van der Waals surface area contributed by atoms with E-state index in [9.17, 15) is 14.9 Å². The lowest BCUT2D eigenvalue weighted by atomic mass is 10.2. The molecular weight excluding hydrogens is 392 g/mol. The highest BCUT2D eigenvalue weighted by Crippen LogP contribution is 2.23. The fourth-order valence-electron chi connectivity index (χ4n) is 2.50. The number of nitrogens with one attached hydrogen (secondary N) is 1. The minimum Gasteiger partial charge on any atom is -0.302 e. The number of rotatable bonds is 8. The van der Waals surface area contributed by atoms with Crippen LogP contribution in [-0.4, -0.2) is 37.6 Å². The zero-order valence-corrected chi connectivity index (χ0v) is 16.4. The molecule has 1 N–H and O–H groups in total. The number of benzene rings is 2. The molecule has 1 aromatic heterocycles. The Labute approximate surface area is 171 Å². The average molecular weight is 410 g/mol. The third kappa shape index (κ3) is 5.26. The summed E-state index contributed by atoms with van der Waals surface area (Å²) in [6, 6.07) is 15.6. The van der Waals surface area contributed by atoms with Crippen LogP contribution in [0.1, 0.15) is 12.5 Å². The number of hydrogen-bond acceptors (Lipinski definition) is 7. The van der Waals surface area contributed by atoms with Crippen LogP contribution < -0.4 is 5.43 Å². The van der Waals surface area contributed by atoms with Gasteiger partial charge in [0.1, 0.15) is 0 Å². The van der Waals surface area contributed by atoms with Gasteiger partial charge in [0.15, 0.2) is 11.0 Å². The molecule has 3 rings (SSSR count). The molecule has 3 aromatic rings. The quantitative estimate of drug-likeness (QED) is 0.264. The number of nitro groups is 1. The summed E-state index contributed by atoms with van der Waals surface area (Å²) in [7, 11) is 0. The molecule has 0 spiro atoms. The van der Waals surface area contributed by atoms with E-state index in [1.807, 2.05) is 41.8 Å². The molecule has 0 aliphatic rings. The van der Waals surface area contributed by atoms with Gasteiger partial charge in [0, 0.05) is 24.2 Å². The molecule has 0 saturated heterocycles. The number of carbonyl (C=O) groups is 1. The predicted octanol–water partition coefficient (Wildman–Crippen LogP) is 3.12. The number of nitrogens with zero attached hydrogens (tertiary/aromatic N) is 5. The van der Waals surface area contributed by atoms with Crippen molar-refractivity contribution in [2.24, 2.45) is 5.10 Å². The van der Waals surface area contributed by atoms with Crippen molar-refractivity contribution in [3.63, 3.8) is 0 Å². The van der Waals surface area contributed by atoms with Gasteiger partial charge in [-0.1, -0.05) is 42.1 Å². The van der Waals surface area contributed by atoms with Crippen LogP contribution in [0.2, 0.25) is 0 Å². The van der Waals surface area contributed by atoms with Crippen molar-refractivity contribution in [3.8, 4) is 11.4 Å². The van der Waals surface area contributed by atoms with Crippen LogP contribution in [0.15, 0.2) is 64.9 Å². The first-order valence-electron chi connectivity index (χ1n) is 8.76. The molecule has 29 heavy (non-hydrogen) atoms. The second-order valence-electron chi connectivity index (χ2n) is 5.85. The standard InChI is InChI=1S/C19H18N6O3S/c1-2-24-18(15-6-4-3-5-7-15)22-23-19(24)29-13-17(26)21-20-12-14-8-10-16(11-9-14)25(27)28/h3-12H,2,13H2,1H3,(H,21,26). The molecule has 0 aliphatic heterocycles. The van der Waals surface area contributed by atoms with E-state index in [-0.39, 0.29) is 17.3 Å². The van der Waals surface area contributed by atoms with Gasteiger partial charge in [-0.15, -0.1) is 10.2 Å². The fraction of sp³-hybridized carbons (Fsp3) is 0.158. The minimum atomic E-state index is -0.474. The zero-order valence-electron chi connectivity index (χ0n) is 15.6. The number of carbonyl (C=O) groups excluding carboxylic acids is 1. The van der Waals surface area contributed by atoms with Gasteiger partial charge in [-0.25, -0.2) is 5.43 Å². The van der Waals surface area contributed by atoms with E-state index in [2.05, 4.69) is 20.7 Å². The highest BCUT2D eigenvalue weighted by molar-refractivity contribution is 7.99. The zero-order chi connectivity index (χ0) is 20.6. The molecule has 1 amide bonds.